The van der Waals surface area contributed by atoms with E-state index in [4.69, 9.17) is 4.74 Å². The van der Waals surface area contributed by atoms with Gasteiger partial charge in [0.05, 0.1) is 7.11 Å². The summed E-state index contributed by atoms with van der Waals surface area (Å²) in [4.78, 5) is 12.0. The third kappa shape index (κ3) is 2.52. The molecule has 0 saturated carbocycles. The van der Waals surface area contributed by atoms with Crippen molar-refractivity contribution in [3.05, 3.63) is 59.7 Å². The summed E-state index contributed by atoms with van der Waals surface area (Å²) < 4.78 is 4.77. The molecule has 2 rings (SSSR count). The molecule has 0 atom stereocenters. The molecule has 0 aliphatic rings. The monoisotopic (exact) mass is 258 g/mol. The summed E-state index contributed by atoms with van der Waals surface area (Å²) in [5, 5.41) is 19.8. The number of carbonyl (C=O) groups excluding carboxylic acids is 1. The molecule has 2 N–H and O–H groups in total. The van der Waals surface area contributed by atoms with Gasteiger partial charge in [0.2, 0.25) is 0 Å². The zero-order valence-electron chi connectivity index (χ0n) is 10.4. The largest absolute Gasteiger partial charge is 0.508 e. The minimum absolute atomic E-state index is 0.0128. The number of ether oxygens (including phenoxy) is 1. The molecule has 0 unspecified atom stereocenters. The van der Waals surface area contributed by atoms with Gasteiger partial charge in [-0.25, -0.2) is 0 Å². The van der Waals surface area contributed by atoms with E-state index < -0.39 is 11.9 Å². The molecule has 98 valence electrons. The molecule has 0 aromatic heterocycles. The van der Waals surface area contributed by atoms with Crippen LogP contribution < -0.4 is 0 Å². The number of hydrogen-bond donors (Lipinski definition) is 2. The highest BCUT2D eigenvalue weighted by atomic mass is 16.5. The summed E-state index contributed by atoms with van der Waals surface area (Å²) in [7, 11) is 1.27. The Bertz CT molecular complexity index is 547. The Kier molecular flexibility index (Phi) is 3.71. The van der Waals surface area contributed by atoms with E-state index in [2.05, 4.69) is 0 Å². The van der Waals surface area contributed by atoms with E-state index in [1.165, 1.54) is 19.2 Å². The first-order valence-electron chi connectivity index (χ1n) is 5.78. The van der Waals surface area contributed by atoms with E-state index in [0.29, 0.717) is 11.1 Å². The summed E-state index contributed by atoms with van der Waals surface area (Å²) in [5.41, 5.74) is 0.798. The molecule has 0 aliphatic carbocycles. The molecule has 0 aliphatic heterocycles. The molecule has 0 heterocycles. The predicted molar refractivity (Wildman–Crippen MR) is 70.1 cm³/mol. The molecule has 4 nitrogen and oxygen atoms in total. The maximum Gasteiger partial charge on any atom is 0.317 e. The van der Waals surface area contributed by atoms with Crippen molar-refractivity contribution in [3.63, 3.8) is 0 Å². The van der Waals surface area contributed by atoms with Crippen LogP contribution in [-0.4, -0.2) is 23.3 Å². The first kappa shape index (κ1) is 13.0. The molecular weight excluding hydrogens is 244 g/mol. The van der Waals surface area contributed by atoms with E-state index >= 15 is 0 Å². The van der Waals surface area contributed by atoms with Gasteiger partial charge in [-0.1, -0.05) is 36.4 Å². The van der Waals surface area contributed by atoms with Crippen molar-refractivity contribution >= 4 is 5.97 Å². The quantitative estimate of drug-likeness (QED) is 0.830. The van der Waals surface area contributed by atoms with Gasteiger partial charge in [-0.05, 0) is 12.1 Å². The number of hydrogen-bond acceptors (Lipinski definition) is 4. The highest BCUT2D eigenvalue weighted by Gasteiger charge is 2.28. The van der Waals surface area contributed by atoms with Crippen LogP contribution in [0.3, 0.4) is 0 Å². The van der Waals surface area contributed by atoms with E-state index in [9.17, 15) is 15.0 Å². The maximum atomic E-state index is 12.0. The van der Waals surface area contributed by atoms with Crippen LogP contribution in [0.15, 0.2) is 48.5 Å². The topological polar surface area (TPSA) is 66.8 Å². The van der Waals surface area contributed by atoms with Crippen molar-refractivity contribution in [2.45, 2.75) is 5.92 Å². The molecule has 0 bridgehead atoms. The highest BCUT2D eigenvalue weighted by molar-refractivity contribution is 5.84. The normalized spacial score (nSPS) is 10.4. The molecule has 0 spiro atoms. The van der Waals surface area contributed by atoms with E-state index in [1.807, 2.05) is 0 Å². The maximum absolute atomic E-state index is 12.0. The number of esters is 1. The third-order valence-electron chi connectivity index (χ3n) is 2.93. The fourth-order valence-corrected chi connectivity index (χ4v) is 2.00. The van der Waals surface area contributed by atoms with Gasteiger partial charge in [-0.3, -0.25) is 4.79 Å². The molecule has 0 radical (unpaired) electrons. The molecule has 2 aromatic rings. The Balaban J connectivity index is 2.58. The van der Waals surface area contributed by atoms with E-state index in [1.54, 1.807) is 36.4 Å². The molecule has 0 saturated heterocycles. The van der Waals surface area contributed by atoms with Crippen molar-refractivity contribution in [3.8, 4) is 11.5 Å². The van der Waals surface area contributed by atoms with Crippen LogP contribution in [0, 0.1) is 0 Å². The molecule has 0 fully saturated rings. The van der Waals surface area contributed by atoms with Crippen molar-refractivity contribution in [2.75, 3.05) is 7.11 Å². The van der Waals surface area contributed by atoms with Crippen LogP contribution in [0.2, 0.25) is 0 Å². The Morgan fingerprint density at radius 2 is 1.37 bits per heavy atom. The summed E-state index contributed by atoms with van der Waals surface area (Å²) in [6.07, 6.45) is 0. The first-order valence-corrected chi connectivity index (χ1v) is 5.78. The number of phenols is 2. The van der Waals surface area contributed by atoms with Gasteiger partial charge in [0.25, 0.3) is 0 Å². The summed E-state index contributed by atoms with van der Waals surface area (Å²) in [5.74, 6) is -1.42. The average Bonchev–Trinajstić information content (AvgIpc) is 2.43. The fourth-order valence-electron chi connectivity index (χ4n) is 2.00. The lowest BCUT2D eigenvalue weighted by Gasteiger charge is -2.17. The second kappa shape index (κ2) is 5.44. The molecular formula is C15H14O4. The molecule has 0 amide bonds. The van der Waals surface area contributed by atoms with Gasteiger partial charge in [0.15, 0.2) is 0 Å². The number of para-hydroxylation sites is 2. The lowest BCUT2D eigenvalue weighted by atomic mass is 9.90. The number of carbonyl (C=O) groups is 1. The smallest absolute Gasteiger partial charge is 0.317 e. The van der Waals surface area contributed by atoms with Gasteiger partial charge in [0.1, 0.15) is 17.4 Å². The van der Waals surface area contributed by atoms with Gasteiger partial charge < -0.3 is 14.9 Å². The SMILES string of the molecule is COC(=O)C(c1ccccc1O)c1ccccc1O. The molecule has 19 heavy (non-hydrogen) atoms. The second-order valence-corrected chi connectivity index (χ2v) is 4.07. The summed E-state index contributed by atoms with van der Waals surface area (Å²) in [6.45, 7) is 0. The molecule has 4 heteroatoms. The average molecular weight is 258 g/mol. The first-order chi connectivity index (χ1) is 9.15. The van der Waals surface area contributed by atoms with Crippen molar-refractivity contribution in [1.29, 1.82) is 0 Å². The number of benzene rings is 2. The minimum atomic E-state index is -0.854. The lowest BCUT2D eigenvalue weighted by molar-refractivity contribution is -0.141. The predicted octanol–water partition coefficient (Wildman–Crippen LogP) is 2.40. The van der Waals surface area contributed by atoms with Crippen LogP contribution in [0.5, 0.6) is 11.5 Å². The standard InChI is InChI=1S/C15H14O4/c1-19-15(18)14(10-6-2-4-8-12(10)16)11-7-3-5-9-13(11)17/h2-9,14,16-17H,1H3. The molecule has 2 aromatic carbocycles. The minimum Gasteiger partial charge on any atom is -0.508 e. The Hall–Kier alpha value is -2.49. The van der Waals surface area contributed by atoms with Crippen molar-refractivity contribution in [1.82, 2.24) is 0 Å². The number of phenolic OH excluding ortho intramolecular Hbond substituents is 2. The lowest BCUT2D eigenvalue weighted by Crippen LogP contribution is -2.16. The Labute approximate surface area is 110 Å². The third-order valence-corrected chi connectivity index (χ3v) is 2.93. The van der Waals surface area contributed by atoms with Crippen LogP contribution in [0.25, 0.3) is 0 Å². The van der Waals surface area contributed by atoms with E-state index in [-0.39, 0.29) is 11.5 Å². The van der Waals surface area contributed by atoms with E-state index in [0.717, 1.165) is 0 Å². The second-order valence-electron chi connectivity index (χ2n) is 4.07. The van der Waals surface area contributed by atoms with Gasteiger partial charge in [-0.2, -0.15) is 0 Å². The Morgan fingerprint density at radius 1 is 0.947 bits per heavy atom. The number of rotatable bonds is 3. The fraction of sp³-hybridized carbons (Fsp3) is 0.133. The van der Waals surface area contributed by atoms with Crippen LogP contribution in [-0.2, 0) is 9.53 Å². The van der Waals surface area contributed by atoms with Crippen molar-refractivity contribution < 1.29 is 19.7 Å². The van der Waals surface area contributed by atoms with Crippen molar-refractivity contribution in [2.24, 2.45) is 0 Å². The van der Waals surface area contributed by atoms with Gasteiger partial charge in [0, 0.05) is 11.1 Å². The zero-order chi connectivity index (χ0) is 13.8. The van der Waals surface area contributed by atoms with Crippen LogP contribution in [0.4, 0.5) is 0 Å². The zero-order valence-corrected chi connectivity index (χ0v) is 10.4. The number of aromatic hydroxyl groups is 2. The summed E-state index contributed by atoms with van der Waals surface area (Å²) in [6, 6.07) is 13.0. The Morgan fingerprint density at radius 3 is 1.74 bits per heavy atom. The highest BCUT2D eigenvalue weighted by Crippen LogP contribution is 2.36. The van der Waals surface area contributed by atoms with Crippen LogP contribution in [0.1, 0.15) is 17.0 Å². The van der Waals surface area contributed by atoms with Crippen LogP contribution >= 0.6 is 0 Å². The summed E-state index contributed by atoms with van der Waals surface area (Å²) >= 11 is 0. The number of methoxy groups -OCH3 is 1. The van der Waals surface area contributed by atoms with Gasteiger partial charge in [-0.15, -0.1) is 0 Å². The van der Waals surface area contributed by atoms with Gasteiger partial charge >= 0.3 is 5.97 Å².